The number of aryl methyl sites for hydroxylation is 1. The zero-order chi connectivity index (χ0) is 23.8. The molecule has 33 heavy (non-hydrogen) atoms. The van der Waals surface area contributed by atoms with Crippen LogP contribution in [0.25, 0.3) is 0 Å². The lowest BCUT2D eigenvalue weighted by Crippen LogP contribution is -2.15. The Kier molecular flexibility index (Phi) is 8.87. The van der Waals surface area contributed by atoms with E-state index in [1.54, 1.807) is 32.1 Å². The number of nitrogens with one attached hydrogen (secondary N) is 1. The van der Waals surface area contributed by atoms with Crippen LogP contribution < -0.4 is 10.1 Å². The molecule has 2 heterocycles. The molecule has 0 atom stereocenters. The molecule has 0 aliphatic carbocycles. The van der Waals surface area contributed by atoms with Crippen molar-refractivity contribution in [3.8, 4) is 5.75 Å². The topological polar surface area (TPSA) is 108 Å². The van der Waals surface area contributed by atoms with Crippen LogP contribution >= 0.6 is 34.7 Å². The quantitative estimate of drug-likeness (QED) is 0.231. The average molecular weight is 508 g/mol. The van der Waals surface area contributed by atoms with Gasteiger partial charge >= 0.3 is 5.97 Å². The molecule has 0 bridgehead atoms. The van der Waals surface area contributed by atoms with Crippen molar-refractivity contribution in [3.05, 3.63) is 58.3 Å². The van der Waals surface area contributed by atoms with Crippen LogP contribution in [0.4, 0.5) is 5.13 Å². The molecular weight excluding hydrogens is 486 g/mol. The molecule has 0 radical (unpaired) electrons. The Hall–Kier alpha value is -2.89. The first-order valence-electron chi connectivity index (χ1n) is 9.90. The van der Waals surface area contributed by atoms with E-state index in [1.807, 2.05) is 16.7 Å². The van der Waals surface area contributed by atoms with Gasteiger partial charge in [-0.15, -0.1) is 16.8 Å². The highest BCUT2D eigenvalue weighted by molar-refractivity contribution is 7.99. The number of nitrogens with zero attached hydrogens (tertiary/aromatic N) is 4. The molecular formula is C21H22ClN5O4S2. The van der Waals surface area contributed by atoms with Crippen molar-refractivity contribution in [2.24, 2.45) is 0 Å². The van der Waals surface area contributed by atoms with Gasteiger partial charge in [-0.3, -0.25) is 9.36 Å². The highest BCUT2D eigenvalue weighted by Gasteiger charge is 2.19. The lowest BCUT2D eigenvalue weighted by Gasteiger charge is -2.10. The molecule has 0 aliphatic rings. The average Bonchev–Trinajstić information content (AvgIpc) is 3.35. The van der Waals surface area contributed by atoms with Gasteiger partial charge in [0.1, 0.15) is 17.2 Å². The molecule has 1 aromatic carbocycles. The second kappa shape index (κ2) is 11.8. The zero-order valence-corrected chi connectivity index (χ0v) is 20.4. The molecule has 0 saturated carbocycles. The van der Waals surface area contributed by atoms with E-state index in [9.17, 15) is 9.59 Å². The van der Waals surface area contributed by atoms with Gasteiger partial charge in [0, 0.05) is 6.54 Å². The molecule has 12 heteroatoms. The second-order valence-corrected chi connectivity index (χ2v) is 8.86. The fraction of sp³-hybridized carbons (Fsp3) is 0.286. The zero-order valence-electron chi connectivity index (χ0n) is 18.0. The van der Waals surface area contributed by atoms with Gasteiger partial charge in [-0.05, 0) is 26.0 Å². The van der Waals surface area contributed by atoms with Crippen molar-refractivity contribution in [1.29, 1.82) is 0 Å². The lowest BCUT2D eigenvalue weighted by atomic mass is 10.3. The molecule has 0 unspecified atom stereocenters. The number of benzene rings is 1. The van der Waals surface area contributed by atoms with Crippen molar-refractivity contribution in [1.82, 2.24) is 19.7 Å². The molecule has 0 aliphatic heterocycles. The summed E-state index contributed by atoms with van der Waals surface area (Å²) in [5.41, 5.74) is 0.510. The summed E-state index contributed by atoms with van der Waals surface area (Å²) in [7, 11) is 0. The third-order valence-corrected chi connectivity index (χ3v) is 6.47. The Morgan fingerprint density at radius 2 is 2.12 bits per heavy atom. The Bertz CT molecular complexity index is 1150. The maximum atomic E-state index is 12.4. The number of carbonyl (C=O) groups is 2. The van der Waals surface area contributed by atoms with Crippen LogP contribution in [0, 0.1) is 6.92 Å². The number of carbonyl (C=O) groups excluding carboxylic acids is 2. The standard InChI is InChI=1S/C21H22ClN5O4S2/c1-4-10-27-16(11-31-15-9-7-6-8-14(15)22)25-26-21(27)32-12-17(28)24-20-23-13(3)18(33-20)19(29)30-5-2/h4,6-9H,1,5,10-12H2,2-3H3,(H,23,24,28). The van der Waals surface area contributed by atoms with E-state index < -0.39 is 5.97 Å². The summed E-state index contributed by atoms with van der Waals surface area (Å²) in [5, 5.41) is 12.4. The van der Waals surface area contributed by atoms with E-state index in [0.717, 1.165) is 11.3 Å². The van der Waals surface area contributed by atoms with Crippen LogP contribution in [0.3, 0.4) is 0 Å². The monoisotopic (exact) mass is 507 g/mol. The summed E-state index contributed by atoms with van der Waals surface area (Å²) in [5.74, 6) is 0.459. The number of thiazole rings is 1. The Morgan fingerprint density at radius 1 is 1.33 bits per heavy atom. The molecule has 1 amide bonds. The van der Waals surface area contributed by atoms with Gasteiger partial charge < -0.3 is 14.8 Å². The minimum atomic E-state index is -0.452. The Morgan fingerprint density at radius 3 is 2.85 bits per heavy atom. The van der Waals surface area contributed by atoms with Crippen LogP contribution in [-0.2, 0) is 22.7 Å². The van der Waals surface area contributed by atoms with Crippen molar-refractivity contribution in [3.63, 3.8) is 0 Å². The van der Waals surface area contributed by atoms with Gasteiger partial charge in [-0.1, -0.05) is 52.9 Å². The molecule has 174 valence electrons. The van der Waals surface area contributed by atoms with Crippen molar-refractivity contribution >= 4 is 51.7 Å². The summed E-state index contributed by atoms with van der Waals surface area (Å²) >= 11 is 8.43. The number of esters is 1. The van der Waals surface area contributed by atoms with Crippen LogP contribution in [0.15, 0.2) is 42.1 Å². The van der Waals surface area contributed by atoms with E-state index >= 15 is 0 Å². The third-order valence-electron chi connectivity index (χ3n) is 4.13. The first-order valence-corrected chi connectivity index (χ1v) is 12.1. The summed E-state index contributed by atoms with van der Waals surface area (Å²) in [4.78, 5) is 28.9. The SMILES string of the molecule is C=CCn1c(COc2ccccc2Cl)nnc1SCC(=O)Nc1nc(C)c(C(=O)OCC)s1. The number of rotatable bonds is 11. The summed E-state index contributed by atoms with van der Waals surface area (Å²) < 4.78 is 12.6. The number of halogens is 1. The molecule has 0 saturated heterocycles. The number of anilines is 1. The third kappa shape index (κ3) is 6.56. The van der Waals surface area contributed by atoms with Gasteiger partial charge in [0.15, 0.2) is 16.1 Å². The Labute approximate surface area is 204 Å². The van der Waals surface area contributed by atoms with E-state index in [4.69, 9.17) is 21.1 Å². The molecule has 3 aromatic rings. The fourth-order valence-electron chi connectivity index (χ4n) is 2.67. The second-order valence-electron chi connectivity index (χ2n) is 6.51. The van der Waals surface area contributed by atoms with Crippen molar-refractivity contribution < 1.29 is 19.1 Å². The molecule has 2 aromatic heterocycles. The lowest BCUT2D eigenvalue weighted by molar-refractivity contribution is -0.113. The number of aromatic nitrogens is 4. The molecule has 3 rings (SSSR count). The van der Waals surface area contributed by atoms with Gasteiger partial charge in [0.25, 0.3) is 0 Å². The highest BCUT2D eigenvalue weighted by atomic mass is 35.5. The number of para-hydroxylation sites is 1. The minimum absolute atomic E-state index is 0.0774. The summed E-state index contributed by atoms with van der Waals surface area (Å²) in [6.07, 6.45) is 1.71. The number of hydrogen-bond donors (Lipinski definition) is 1. The van der Waals surface area contributed by atoms with Crippen LogP contribution in [-0.4, -0.2) is 44.0 Å². The number of thioether (sulfide) groups is 1. The predicted molar refractivity (Wildman–Crippen MR) is 128 cm³/mol. The summed E-state index contributed by atoms with van der Waals surface area (Å²) in [6.45, 7) is 8.07. The smallest absolute Gasteiger partial charge is 0.350 e. The van der Waals surface area contributed by atoms with E-state index in [1.165, 1.54) is 11.8 Å². The number of amides is 1. The van der Waals surface area contributed by atoms with E-state index in [-0.39, 0.29) is 24.9 Å². The molecule has 0 fully saturated rings. The molecule has 9 nitrogen and oxygen atoms in total. The normalized spacial score (nSPS) is 10.6. The number of hydrogen-bond acceptors (Lipinski definition) is 9. The highest BCUT2D eigenvalue weighted by Crippen LogP contribution is 2.26. The molecule has 0 spiro atoms. The molecule has 1 N–H and O–H groups in total. The van der Waals surface area contributed by atoms with E-state index in [0.29, 0.717) is 44.0 Å². The Balaban J connectivity index is 1.61. The first-order chi connectivity index (χ1) is 15.9. The maximum absolute atomic E-state index is 12.4. The maximum Gasteiger partial charge on any atom is 0.350 e. The van der Waals surface area contributed by atoms with Crippen molar-refractivity contribution in [2.45, 2.75) is 32.2 Å². The number of allylic oxidation sites excluding steroid dienone is 1. The first kappa shape index (κ1) is 24.7. The van der Waals surface area contributed by atoms with Crippen LogP contribution in [0.5, 0.6) is 5.75 Å². The summed E-state index contributed by atoms with van der Waals surface area (Å²) in [6, 6.07) is 7.16. The minimum Gasteiger partial charge on any atom is -0.484 e. The van der Waals surface area contributed by atoms with E-state index in [2.05, 4.69) is 27.1 Å². The van der Waals surface area contributed by atoms with Gasteiger partial charge in [-0.2, -0.15) is 0 Å². The number of ether oxygens (including phenoxy) is 2. The predicted octanol–water partition coefficient (Wildman–Crippen LogP) is 4.37. The fourth-order valence-corrected chi connectivity index (χ4v) is 4.50. The van der Waals surface area contributed by atoms with Crippen molar-refractivity contribution in [2.75, 3.05) is 17.7 Å². The largest absolute Gasteiger partial charge is 0.484 e. The van der Waals surface area contributed by atoms with Crippen LogP contribution in [0.1, 0.15) is 28.1 Å². The van der Waals surface area contributed by atoms with Crippen LogP contribution in [0.2, 0.25) is 5.02 Å². The van der Waals surface area contributed by atoms with Gasteiger partial charge in [-0.25, -0.2) is 9.78 Å². The van der Waals surface area contributed by atoms with Gasteiger partial charge in [0.05, 0.1) is 23.1 Å². The van der Waals surface area contributed by atoms with Gasteiger partial charge in [0.2, 0.25) is 5.91 Å².